The van der Waals surface area contributed by atoms with Gasteiger partial charge in [-0.2, -0.15) is 0 Å². The molecule has 0 spiro atoms. The van der Waals surface area contributed by atoms with E-state index in [1.54, 1.807) is 10.8 Å². The van der Waals surface area contributed by atoms with E-state index in [2.05, 4.69) is 56.6 Å². The first-order valence-electron chi connectivity index (χ1n) is 12.8. The number of nitro groups is 1. The van der Waals surface area contributed by atoms with Crippen molar-refractivity contribution < 1.29 is 18.8 Å². The molecule has 0 radical (unpaired) electrons. The molecule has 0 aliphatic carbocycles. The summed E-state index contributed by atoms with van der Waals surface area (Å²) in [6.45, 7) is 15.3. The second-order valence-electron chi connectivity index (χ2n) is 11.5. The SMILES string of the molecule is C=Cc1cn(CC2(CO[Si](c3ccccc3)(c3ccccc3)C(C)(C)C)COC(C)(C)OC2)c([N+](=O)[O-])n1. The molecule has 0 unspecified atom stereocenters. The Bertz CT molecular complexity index is 1220. The van der Waals surface area contributed by atoms with Gasteiger partial charge in [-0.15, -0.1) is 0 Å². The molecule has 0 saturated carbocycles. The first-order chi connectivity index (χ1) is 17.9. The third-order valence-corrected chi connectivity index (χ3v) is 12.1. The van der Waals surface area contributed by atoms with Gasteiger partial charge in [-0.25, -0.2) is 4.57 Å². The third-order valence-electron chi connectivity index (χ3n) is 7.12. The predicted molar refractivity (Wildman–Crippen MR) is 151 cm³/mol. The van der Waals surface area contributed by atoms with Crippen LogP contribution >= 0.6 is 0 Å². The Kier molecular flexibility index (Phi) is 7.76. The first-order valence-corrected chi connectivity index (χ1v) is 14.7. The summed E-state index contributed by atoms with van der Waals surface area (Å²) in [4.78, 5) is 15.5. The lowest BCUT2D eigenvalue weighted by molar-refractivity contribution is -0.397. The lowest BCUT2D eigenvalue weighted by Crippen LogP contribution is -2.68. The molecule has 2 heterocycles. The largest absolute Gasteiger partial charge is 0.435 e. The summed E-state index contributed by atoms with van der Waals surface area (Å²) < 4.78 is 21.1. The van der Waals surface area contributed by atoms with Crippen LogP contribution in [0, 0.1) is 15.5 Å². The van der Waals surface area contributed by atoms with Crippen molar-refractivity contribution in [2.45, 2.75) is 52.0 Å². The van der Waals surface area contributed by atoms with Crippen LogP contribution in [0.5, 0.6) is 0 Å². The van der Waals surface area contributed by atoms with Gasteiger partial charge < -0.3 is 24.0 Å². The average Bonchev–Trinajstić information content (AvgIpc) is 3.30. The molecule has 1 saturated heterocycles. The van der Waals surface area contributed by atoms with Gasteiger partial charge in [-0.1, -0.05) is 93.0 Å². The third kappa shape index (κ3) is 5.51. The van der Waals surface area contributed by atoms with Gasteiger partial charge in [0.25, 0.3) is 8.32 Å². The zero-order valence-electron chi connectivity index (χ0n) is 22.8. The monoisotopic (exact) mass is 535 g/mol. The van der Waals surface area contributed by atoms with Crippen molar-refractivity contribution in [3.63, 3.8) is 0 Å². The molecule has 8 nitrogen and oxygen atoms in total. The molecule has 1 aliphatic heterocycles. The second kappa shape index (κ2) is 10.6. The van der Waals surface area contributed by atoms with Crippen molar-refractivity contribution in [1.82, 2.24) is 9.55 Å². The molecule has 0 bridgehead atoms. The normalized spacial score (nSPS) is 17.2. The zero-order valence-corrected chi connectivity index (χ0v) is 23.8. The molecular weight excluding hydrogens is 498 g/mol. The summed E-state index contributed by atoms with van der Waals surface area (Å²) in [5, 5.41) is 13.9. The van der Waals surface area contributed by atoms with E-state index in [-0.39, 0.29) is 24.1 Å². The summed E-state index contributed by atoms with van der Waals surface area (Å²) in [5.74, 6) is -0.997. The highest BCUT2D eigenvalue weighted by Crippen LogP contribution is 2.40. The molecule has 202 valence electrons. The molecular formula is C29H37N3O5Si. The maximum absolute atomic E-state index is 11.8. The number of benzene rings is 2. The van der Waals surface area contributed by atoms with Gasteiger partial charge in [0.1, 0.15) is 6.20 Å². The Morgan fingerprint density at radius 1 is 1.08 bits per heavy atom. The minimum Gasteiger partial charge on any atom is -0.407 e. The molecule has 2 aromatic carbocycles. The highest BCUT2D eigenvalue weighted by molar-refractivity contribution is 6.99. The Morgan fingerprint density at radius 3 is 2.05 bits per heavy atom. The number of imidazole rings is 1. The summed E-state index contributed by atoms with van der Waals surface area (Å²) >= 11 is 0. The molecule has 1 fully saturated rings. The molecule has 0 amide bonds. The molecule has 38 heavy (non-hydrogen) atoms. The Morgan fingerprint density at radius 2 is 1.61 bits per heavy atom. The van der Waals surface area contributed by atoms with Crippen LogP contribution in [0.15, 0.2) is 73.4 Å². The van der Waals surface area contributed by atoms with Crippen LogP contribution in [0.25, 0.3) is 6.08 Å². The van der Waals surface area contributed by atoms with Gasteiger partial charge in [-0.3, -0.25) is 0 Å². The zero-order chi connectivity index (χ0) is 27.6. The van der Waals surface area contributed by atoms with Gasteiger partial charge in [0.2, 0.25) is 0 Å². The Hall–Kier alpha value is -3.11. The molecule has 3 aromatic rings. The van der Waals surface area contributed by atoms with E-state index < -0.39 is 24.4 Å². The fourth-order valence-electron chi connectivity index (χ4n) is 5.13. The van der Waals surface area contributed by atoms with Gasteiger partial charge in [-0.05, 0) is 40.3 Å². The standard InChI is InChI=1S/C29H37N3O5Si/c1-7-23-18-31(26(30-23)32(33)34)19-29(20-35-28(5,6)36-21-29)22-37-38(27(2,3)4,24-14-10-8-11-15-24)25-16-12-9-13-17-25/h7-18H,1,19-22H2,2-6H3. The summed E-state index contributed by atoms with van der Waals surface area (Å²) in [6, 6.07) is 20.8. The molecule has 1 aromatic heterocycles. The number of hydrogen-bond donors (Lipinski definition) is 0. The second-order valence-corrected chi connectivity index (χ2v) is 15.8. The number of rotatable bonds is 9. The van der Waals surface area contributed by atoms with Crippen LogP contribution < -0.4 is 10.4 Å². The fourth-order valence-corrected chi connectivity index (χ4v) is 9.81. The van der Waals surface area contributed by atoms with Gasteiger partial charge in [0.05, 0.1) is 25.2 Å². The summed E-state index contributed by atoms with van der Waals surface area (Å²) in [5.41, 5.74) is -0.246. The number of ether oxygens (including phenoxy) is 2. The van der Waals surface area contributed by atoms with E-state index in [1.807, 2.05) is 50.2 Å². The van der Waals surface area contributed by atoms with Crippen molar-refractivity contribution >= 4 is 30.7 Å². The highest BCUT2D eigenvalue weighted by atomic mass is 28.4. The van der Waals surface area contributed by atoms with E-state index in [0.29, 0.717) is 18.9 Å². The summed E-state index contributed by atoms with van der Waals surface area (Å²) in [6.07, 6.45) is 3.15. The van der Waals surface area contributed by atoms with Crippen molar-refractivity contribution in [3.05, 3.63) is 89.2 Å². The van der Waals surface area contributed by atoms with Crippen molar-refractivity contribution in [2.24, 2.45) is 5.41 Å². The number of nitrogens with zero attached hydrogens (tertiary/aromatic N) is 3. The van der Waals surface area contributed by atoms with E-state index in [4.69, 9.17) is 13.9 Å². The van der Waals surface area contributed by atoms with Crippen molar-refractivity contribution in [3.8, 4) is 0 Å². The quantitative estimate of drug-likeness (QED) is 0.223. The average molecular weight is 536 g/mol. The highest BCUT2D eigenvalue weighted by Gasteiger charge is 2.53. The summed E-state index contributed by atoms with van der Waals surface area (Å²) in [7, 11) is -2.86. The molecule has 0 N–H and O–H groups in total. The van der Waals surface area contributed by atoms with Crippen LogP contribution in [0.4, 0.5) is 5.95 Å². The van der Waals surface area contributed by atoms with Crippen LogP contribution in [0.3, 0.4) is 0 Å². The van der Waals surface area contributed by atoms with Gasteiger partial charge in [0.15, 0.2) is 11.5 Å². The van der Waals surface area contributed by atoms with E-state index in [0.717, 1.165) is 10.4 Å². The van der Waals surface area contributed by atoms with E-state index >= 15 is 0 Å². The molecule has 9 heteroatoms. The fraction of sp³-hybridized carbons (Fsp3) is 0.414. The van der Waals surface area contributed by atoms with Crippen LogP contribution in [0.1, 0.15) is 40.3 Å². The molecule has 4 rings (SSSR count). The maximum atomic E-state index is 11.8. The Balaban J connectivity index is 1.79. The van der Waals surface area contributed by atoms with Gasteiger partial charge >= 0.3 is 5.95 Å². The topological polar surface area (TPSA) is 88.7 Å². The van der Waals surface area contributed by atoms with Crippen molar-refractivity contribution in [2.75, 3.05) is 19.8 Å². The van der Waals surface area contributed by atoms with Crippen molar-refractivity contribution in [1.29, 1.82) is 0 Å². The number of hydrogen-bond acceptors (Lipinski definition) is 6. The van der Waals surface area contributed by atoms with Gasteiger partial charge in [0, 0.05) is 6.61 Å². The lowest BCUT2D eigenvalue weighted by atomic mass is 9.89. The Labute approximate surface area is 225 Å². The van der Waals surface area contributed by atoms with Crippen LogP contribution in [-0.2, 0) is 20.4 Å². The molecule has 0 atom stereocenters. The number of aromatic nitrogens is 2. The van der Waals surface area contributed by atoms with Crippen LogP contribution in [0.2, 0.25) is 5.04 Å². The van der Waals surface area contributed by atoms with Crippen LogP contribution in [-0.4, -0.2) is 48.4 Å². The predicted octanol–water partition coefficient (Wildman–Crippen LogP) is 4.78. The maximum Gasteiger partial charge on any atom is 0.435 e. The minimum absolute atomic E-state index is 0.219. The minimum atomic E-state index is -2.86. The first kappa shape index (κ1) is 27.9. The smallest absolute Gasteiger partial charge is 0.407 e. The van der Waals surface area contributed by atoms with E-state index in [1.165, 1.54) is 6.08 Å². The molecule has 1 aliphatic rings. The lowest BCUT2D eigenvalue weighted by Gasteiger charge is -2.47. The van der Waals surface area contributed by atoms with E-state index in [9.17, 15) is 10.1 Å².